The molecule has 1 rings (SSSR count). The minimum Gasteiger partial charge on any atom is -0.384 e. The van der Waals surface area contributed by atoms with Crippen molar-refractivity contribution < 1.29 is 22.6 Å². The highest BCUT2D eigenvalue weighted by atomic mass is 19.4. The van der Waals surface area contributed by atoms with Crippen LogP contribution in [0.2, 0.25) is 0 Å². The molecular formula is C18H33F3O2. The maximum Gasteiger partial charge on any atom is 0.389 e. The Morgan fingerprint density at radius 3 is 1.57 bits per heavy atom. The average Bonchev–Trinajstić information content (AvgIpc) is 2.44. The van der Waals surface area contributed by atoms with E-state index in [0.717, 1.165) is 25.7 Å². The largest absolute Gasteiger partial charge is 0.389 e. The molecule has 0 N–H and O–H groups in total. The second-order valence-electron chi connectivity index (χ2n) is 8.26. The van der Waals surface area contributed by atoms with Gasteiger partial charge in [-0.15, -0.1) is 0 Å². The molecule has 0 amide bonds. The van der Waals surface area contributed by atoms with E-state index in [1.54, 1.807) is 14.2 Å². The zero-order valence-electron chi connectivity index (χ0n) is 15.3. The molecule has 1 aliphatic carbocycles. The summed E-state index contributed by atoms with van der Waals surface area (Å²) in [5.41, 5.74) is -0.260. The summed E-state index contributed by atoms with van der Waals surface area (Å²) in [6, 6.07) is 0. The van der Waals surface area contributed by atoms with Gasteiger partial charge in [-0.2, -0.15) is 13.2 Å². The minimum atomic E-state index is -4.13. The van der Waals surface area contributed by atoms with Crippen LogP contribution in [0.25, 0.3) is 0 Å². The third-order valence-electron chi connectivity index (χ3n) is 5.59. The number of hydrogen-bond acceptors (Lipinski definition) is 2. The summed E-state index contributed by atoms with van der Waals surface area (Å²) >= 11 is 0. The first-order valence-corrected chi connectivity index (χ1v) is 8.59. The number of alkyl halides is 3. The first-order chi connectivity index (χ1) is 10.5. The maximum atomic E-state index is 12.8. The van der Waals surface area contributed by atoms with Crippen molar-refractivity contribution in [1.29, 1.82) is 0 Å². The third-order valence-corrected chi connectivity index (χ3v) is 5.59. The highest BCUT2D eigenvalue weighted by Crippen LogP contribution is 2.48. The average molecular weight is 338 g/mol. The standard InChI is InChI=1S/C18H33F3O2/c1-16(2,3)14-6-8-15(9-7-14)17(12-22-4,13-23-5)10-11-18(19,20)21/h14-15H,6-13H2,1-5H3. The Kier molecular flexibility index (Phi) is 7.39. The van der Waals surface area contributed by atoms with Crippen molar-refractivity contribution in [3.05, 3.63) is 0 Å². The van der Waals surface area contributed by atoms with Crippen LogP contribution in [0.3, 0.4) is 0 Å². The monoisotopic (exact) mass is 338 g/mol. The molecule has 0 unspecified atom stereocenters. The number of ether oxygens (including phenoxy) is 2. The molecule has 0 aromatic carbocycles. The Balaban J connectivity index is 2.83. The SMILES string of the molecule is COCC(CCC(F)(F)F)(COC)C1CCC(C(C)(C)C)CC1. The molecule has 1 fully saturated rings. The van der Waals surface area contributed by atoms with Gasteiger partial charge in [-0.1, -0.05) is 20.8 Å². The van der Waals surface area contributed by atoms with Crippen LogP contribution in [0.1, 0.15) is 59.3 Å². The number of hydrogen-bond donors (Lipinski definition) is 0. The smallest absolute Gasteiger partial charge is 0.384 e. The van der Waals surface area contributed by atoms with Gasteiger partial charge in [0, 0.05) is 26.1 Å². The van der Waals surface area contributed by atoms with Gasteiger partial charge in [0.15, 0.2) is 0 Å². The fraction of sp³-hybridized carbons (Fsp3) is 1.00. The summed E-state index contributed by atoms with van der Waals surface area (Å²) in [7, 11) is 3.14. The van der Waals surface area contributed by atoms with Crippen molar-refractivity contribution in [1.82, 2.24) is 0 Å². The van der Waals surface area contributed by atoms with Crippen LogP contribution in [-0.2, 0) is 9.47 Å². The maximum absolute atomic E-state index is 12.8. The lowest BCUT2D eigenvalue weighted by Crippen LogP contribution is -2.43. The zero-order valence-corrected chi connectivity index (χ0v) is 15.3. The van der Waals surface area contributed by atoms with Gasteiger partial charge >= 0.3 is 6.18 Å². The van der Waals surface area contributed by atoms with E-state index in [1.165, 1.54) is 0 Å². The molecule has 2 nitrogen and oxygen atoms in total. The lowest BCUT2D eigenvalue weighted by Gasteiger charge is -2.46. The Morgan fingerprint density at radius 2 is 1.22 bits per heavy atom. The first kappa shape index (κ1) is 20.8. The number of halogens is 3. The van der Waals surface area contributed by atoms with Crippen molar-refractivity contribution in [3.8, 4) is 0 Å². The summed E-state index contributed by atoms with van der Waals surface area (Å²) in [5.74, 6) is 0.882. The van der Waals surface area contributed by atoms with Crippen LogP contribution in [0, 0.1) is 22.7 Å². The first-order valence-electron chi connectivity index (χ1n) is 8.59. The van der Waals surface area contributed by atoms with Crippen LogP contribution in [0.15, 0.2) is 0 Å². The Bertz CT molecular complexity index is 333. The normalized spacial score (nSPS) is 24.0. The van der Waals surface area contributed by atoms with Crippen molar-refractivity contribution in [3.63, 3.8) is 0 Å². The van der Waals surface area contributed by atoms with Gasteiger partial charge in [0.05, 0.1) is 13.2 Å². The van der Waals surface area contributed by atoms with Crippen molar-refractivity contribution in [2.45, 2.75) is 65.5 Å². The lowest BCUT2D eigenvalue weighted by molar-refractivity contribution is -0.152. The van der Waals surface area contributed by atoms with Crippen LogP contribution < -0.4 is 0 Å². The van der Waals surface area contributed by atoms with E-state index in [9.17, 15) is 13.2 Å². The molecule has 1 aliphatic rings. The second-order valence-corrected chi connectivity index (χ2v) is 8.26. The second kappa shape index (κ2) is 8.19. The van der Waals surface area contributed by atoms with Crippen molar-refractivity contribution in [2.75, 3.05) is 27.4 Å². The lowest BCUT2D eigenvalue weighted by atomic mass is 9.62. The van der Waals surface area contributed by atoms with Crippen LogP contribution in [0.5, 0.6) is 0 Å². The van der Waals surface area contributed by atoms with Crippen LogP contribution >= 0.6 is 0 Å². The summed E-state index contributed by atoms with van der Waals surface area (Å²) in [6.07, 6.45) is -0.721. The van der Waals surface area contributed by atoms with Gasteiger partial charge in [-0.05, 0) is 49.4 Å². The fourth-order valence-electron chi connectivity index (χ4n) is 4.16. The minimum absolute atomic E-state index is 0.0863. The van der Waals surface area contributed by atoms with Gasteiger partial charge in [0.2, 0.25) is 0 Å². The highest BCUT2D eigenvalue weighted by Gasteiger charge is 2.44. The van der Waals surface area contributed by atoms with E-state index in [2.05, 4.69) is 20.8 Å². The molecule has 0 aromatic rings. The summed E-state index contributed by atoms with van der Waals surface area (Å²) in [5, 5.41) is 0. The molecule has 23 heavy (non-hydrogen) atoms. The molecule has 0 spiro atoms. The zero-order chi connectivity index (χ0) is 17.7. The molecule has 0 radical (unpaired) electrons. The molecule has 0 aromatic heterocycles. The molecule has 0 aliphatic heterocycles. The van der Waals surface area contributed by atoms with E-state index < -0.39 is 18.0 Å². The fourth-order valence-corrected chi connectivity index (χ4v) is 4.16. The van der Waals surface area contributed by atoms with Crippen LogP contribution in [-0.4, -0.2) is 33.6 Å². The van der Waals surface area contributed by atoms with Gasteiger partial charge in [0.25, 0.3) is 0 Å². The van der Waals surface area contributed by atoms with Gasteiger partial charge < -0.3 is 9.47 Å². The van der Waals surface area contributed by atoms with Gasteiger partial charge in [-0.25, -0.2) is 0 Å². The topological polar surface area (TPSA) is 18.5 Å². The molecule has 1 saturated carbocycles. The Labute approximate surface area is 139 Å². The molecule has 0 saturated heterocycles. The number of methoxy groups -OCH3 is 2. The summed E-state index contributed by atoms with van der Waals surface area (Å²) in [4.78, 5) is 0. The highest BCUT2D eigenvalue weighted by molar-refractivity contribution is 4.92. The number of rotatable bonds is 7. The Hall–Kier alpha value is -0.290. The molecule has 0 bridgehead atoms. The van der Waals surface area contributed by atoms with Gasteiger partial charge in [-0.3, -0.25) is 0 Å². The Morgan fingerprint density at radius 1 is 0.783 bits per heavy atom. The molecule has 5 heteroatoms. The predicted molar refractivity (Wildman–Crippen MR) is 86.4 cm³/mol. The van der Waals surface area contributed by atoms with E-state index in [4.69, 9.17) is 9.47 Å². The molecule has 0 heterocycles. The van der Waals surface area contributed by atoms with E-state index in [0.29, 0.717) is 19.1 Å². The predicted octanol–water partition coefficient (Wildman–Crippen LogP) is 5.46. The summed E-state index contributed by atoms with van der Waals surface area (Å²) < 4.78 is 49.0. The third kappa shape index (κ3) is 6.26. The summed E-state index contributed by atoms with van der Waals surface area (Å²) in [6.45, 7) is 7.42. The van der Waals surface area contributed by atoms with Crippen molar-refractivity contribution >= 4 is 0 Å². The molecular weight excluding hydrogens is 305 g/mol. The molecule has 0 atom stereocenters. The van der Waals surface area contributed by atoms with Gasteiger partial charge in [0.1, 0.15) is 0 Å². The van der Waals surface area contributed by atoms with E-state index in [1.807, 2.05) is 0 Å². The van der Waals surface area contributed by atoms with E-state index in [-0.39, 0.29) is 17.8 Å². The van der Waals surface area contributed by atoms with E-state index >= 15 is 0 Å². The molecule has 138 valence electrons. The quantitative estimate of drug-likeness (QED) is 0.613. The van der Waals surface area contributed by atoms with Crippen LogP contribution in [0.4, 0.5) is 13.2 Å². The van der Waals surface area contributed by atoms with Crippen molar-refractivity contribution in [2.24, 2.45) is 22.7 Å².